The predicted molar refractivity (Wildman–Crippen MR) is 53.5 cm³/mol. The second-order valence-corrected chi connectivity index (χ2v) is 3.21. The van der Waals surface area contributed by atoms with Gasteiger partial charge in [-0.3, -0.25) is 4.79 Å². The Hall–Kier alpha value is -1.97. The van der Waals surface area contributed by atoms with Crippen molar-refractivity contribution in [1.29, 1.82) is 0 Å². The summed E-state index contributed by atoms with van der Waals surface area (Å²) < 4.78 is 14.4. The summed E-state index contributed by atoms with van der Waals surface area (Å²) >= 11 is 0. The summed E-state index contributed by atoms with van der Waals surface area (Å²) in [6.07, 6.45) is 3.05. The van der Waals surface area contributed by atoms with Crippen molar-refractivity contribution >= 4 is 5.78 Å². The number of rotatable bonds is 2. The van der Waals surface area contributed by atoms with E-state index in [1.54, 1.807) is 18.3 Å². The van der Waals surface area contributed by atoms with Crippen molar-refractivity contribution in [1.82, 2.24) is 9.78 Å². The molecular formula is C11H9FN2O. The normalized spacial score (nSPS) is 10.3. The minimum atomic E-state index is -0.327. The molecule has 0 aliphatic heterocycles. The predicted octanol–water partition coefficient (Wildman–Crippen LogP) is 2.21. The summed E-state index contributed by atoms with van der Waals surface area (Å²) in [5.41, 5.74) is 1.11. The highest BCUT2D eigenvalue weighted by molar-refractivity contribution is 5.93. The maximum atomic E-state index is 12.9. The topological polar surface area (TPSA) is 34.9 Å². The number of hydrogen-bond donors (Lipinski definition) is 0. The molecule has 76 valence electrons. The van der Waals surface area contributed by atoms with Gasteiger partial charge in [-0.15, -0.1) is 0 Å². The van der Waals surface area contributed by atoms with Gasteiger partial charge in [-0.25, -0.2) is 9.07 Å². The maximum absolute atomic E-state index is 12.9. The van der Waals surface area contributed by atoms with Gasteiger partial charge in [0.25, 0.3) is 0 Å². The Bertz CT molecular complexity index is 505. The molecule has 0 saturated carbocycles. The minimum absolute atomic E-state index is 0.0577. The van der Waals surface area contributed by atoms with Crippen molar-refractivity contribution < 1.29 is 9.18 Å². The van der Waals surface area contributed by atoms with Crippen molar-refractivity contribution in [2.45, 2.75) is 6.92 Å². The van der Waals surface area contributed by atoms with Crippen LogP contribution in [0, 0.1) is 5.82 Å². The Morgan fingerprint density at radius 2 is 2.27 bits per heavy atom. The lowest BCUT2D eigenvalue weighted by Gasteiger charge is -1.99. The van der Waals surface area contributed by atoms with Gasteiger partial charge in [-0.2, -0.15) is 5.10 Å². The zero-order valence-corrected chi connectivity index (χ0v) is 8.14. The highest BCUT2D eigenvalue weighted by Crippen LogP contribution is 2.10. The summed E-state index contributed by atoms with van der Waals surface area (Å²) in [5.74, 6) is -0.384. The van der Waals surface area contributed by atoms with E-state index < -0.39 is 0 Å². The molecule has 2 aromatic rings. The highest BCUT2D eigenvalue weighted by Gasteiger charge is 2.04. The van der Waals surface area contributed by atoms with Crippen molar-refractivity contribution in [3.63, 3.8) is 0 Å². The molecule has 0 amide bonds. The van der Waals surface area contributed by atoms with E-state index in [-0.39, 0.29) is 11.6 Å². The molecule has 4 heteroatoms. The fourth-order valence-electron chi connectivity index (χ4n) is 1.26. The van der Waals surface area contributed by atoms with E-state index in [9.17, 15) is 9.18 Å². The van der Waals surface area contributed by atoms with E-state index in [0.29, 0.717) is 11.3 Å². The minimum Gasteiger partial charge on any atom is -0.294 e. The first-order valence-corrected chi connectivity index (χ1v) is 4.48. The lowest BCUT2D eigenvalue weighted by molar-refractivity contribution is 0.101. The van der Waals surface area contributed by atoms with E-state index in [1.807, 2.05) is 0 Å². The number of carbonyl (C=O) groups is 1. The molecule has 1 aromatic heterocycles. The monoisotopic (exact) mass is 204 g/mol. The lowest BCUT2D eigenvalue weighted by Crippen LogP contribution is -1.94. The Morgan fingerprint density at radius 1 is 1.47 bits per heavy atom. The maximum Gasteiger partial charge on any atom is 0.162 e. The lowest BCUT2D eigenvalue weighted by atomic mass is 10.2. The number of nitrogens with zero attached hydrogens (tertiary/aromatic N) is 2. The summed E-state index contributed by atoms with van der Waals surface area (Å²) in [5, 5.41) is 3.98. The van der Waals surface area contributed by atoms with Gasteiger partial charge in [0.05, 0.1) is 17.4 Å². The zero-order chi connectivity index (χ0) is 10.8. The van der Waals surface area contributed by atoms with Crippen LogP contribution in [-0.4, -0.2) is 15.6 Å². The first-order chi connectivity index (χ1) is 7.16. The van der Waals surface area contributed by atoms with Crippen LogP contribution in [0.25, 0.3) is 5.69 Å². The summed E-state index contributed by atoms with van der Waals surface area (Å²) in [6.45, 7) is 1.47. The van der Waals surface area contributed by atoms with Crippen LogP contribution in [0.1, 0.15) is 17.3 Å². The Balaban J connectivity index is 2.41. The summed E-state index contributed by atoms with van der Waals surface area (Å²) in [4.78, 5) is 11.0. The third-order valence-corrected chi connectivity index (χ3v) is 2.06. The Labute approximate surface area is 86.2 Å². The van der Waals surface area contributed by atoms with E-state index in [4.69, 9.17) is 0 Å². The number of benzene rings is 1. The van der Waals surface area contributed by atoms with Crippen LogP contribution in [-0.2, 0) is 0 Å². The molecule has 0 aliphatic carbocycles. The SMILES string of the molecule is CC(=O)c1cnn(-c2cccc(F)c2)c1. The molecule has 0 unspecified atom stereocenters. The van der Waals surface area contributed by atoms with Gasteiger partial charge in [-0.05, 0) is 25.1 Å². The number of hydrogen-bond acceptors (Lipinski definition) is 2. The molecule has 0 radical (unpaired) electrons. The fourth-order valence-corrected chi connectivity index (χ4v) is 1.26. The molecule has 0 N–H and O–H groups in total. The highest BCUT2D eigenvalue weighted by atomic mass is 19.1. The third kappa shape index (κ3) is 1.93. The largest absolute Gasteiger partial charge is 0.294 e. The van der Waals surface area contributed by atoms with Gasteiger partial charge in [0.15, 0.2) is 5.78 Å². The second kappa shape index (κ2) is 3.65. The fraction of sp³-hybridized carbons (Fsp3) is 0.0909. The van der Waals surface area contributed by atoms with E-state index in [1.165, 1.54) is 29.9 Å². The molecule has 1 heterocycles. The van der Waals surface area contributed by atoms with E-state index in [2.05, 4.69) is 5.10 Å². The molecule has 0 spiro atoms. The van der Waals surface area contributed by atoms with Gasteiger partial charge in [0, 0.05) is 6.20 Å². The number of carbonyl (C=O) groups excluding carboxylic acids is 1. The first kappa shape index (κ1) is 9.58. The molecule has 1 aromatic carbocycles. The molecule has 0 aliphatic rings. The number of halogens is 1. The second-order valence-electron chi connectivity index (χ2n) is 3.21. The van der Waals surface area contributed by atoms with Gasteiger partial charge in [0.2, 0.25) is 0 Å². The molecule has 15 heavy (non-hydrogen) atoms. The van der Waals surface area contributed by atoms with Crippen LogP contribution in [0.15, 0.2) is 36.7 Å². The molecule has 0 fully saturated rings. The van der Waals surface area contributed by atoms with E-state index in [0.717, 1.165) is 0 Å². The smallest absolute Gasteiger partial charge is 0.162 e. The summed E-state index contributed by atoms with van der Waals surface area (Å²) in [7, 11) is 0. The molecule has 3 nitrogen and oxygen atoms in total. The Kier molecular flexibility index (Phi) is 2.33. The standard InChI is InChI=1S/C11H9FN2O/c1-8(15)9-6-13-14(7-9)11-4-2-3-10(12)5-11/h2-7H,1H3. The van der Waals surface area contributed by atoms with E-state index >= 15 is 0 Å². The van der Waals surface area contributed by atoms with Crippen LogP contribution < -0.4 is 0 Å². The van der Waals surface area contributed by atoms with Crippen molar-refractivity contribution in [2.75, 3.05) is 0 Å². The van der Waals surface area contributed by atoms with Crippen molar-refractivity contribution in [3.05, 3.63) is 48.0 Å². The zero-order valence-electron chi connectivity index (χ0n) is 8.14. The first-order valence-electron chi connectivity index (χ1n) is 4.48. The van der Waals surface area contributed by atoms with Gasteiger partial charge in [-0.1, -0.05) is 6.07 Å². The van der Waals surface area contributed by atoms with Crippen LogP contribution in [0.5, 0.6) is 0 Å². The van der Waals surface area contributed by atoms with Crippen LogP contribution in [0.2, 0.25) is 0 Å². The molecule has 0 saturated heterocycles. The molecule has 2 rings (SSSR count). The quantitative estimate of drug-likeness (QED) is 0.703. The van der Waals surface area contributed by atoms with Gasteiger partial charge in [0.1, 0.15) is 5.82 Å². The van der Waals surface area contributed by atoms with Crippen molar-refractivity contribution in [2.24, 2.45) is 0 Å². The van der Waals surface area contributed by atoms with Crippen molar-refractivity contribution in [3.8, 4) is 5.69 Å². The van der Waals surface area contributed by atoms with Crippen LogP contribution in [0.4, 0.5) is 4.39 Å². The van der Waals surface area contributed by atoms with Crippen LogP contribution >= 0.6 is 0 Å². The molecule has 0 atom stereocenters. The third-order valence-electron chi connectivity index (χ3n) is 2.06. The van der Waals surface area contributed by atoms with Crippen LogP contribution in [0.3, 0.4) is 0 Å². The molecular weight excluding hydrogens is 195 g/mol. The number of aromatic nitrogens is 2. The van der Waals surface area contributed by atoms with Gasteiger partial charge >= 0.3 is 0 Å². The Morgan fingerprint density at radius 3 is 2.87 bits per heavy atom. The average Bonchev–Trinajstić information content (AvgIpc) is 2.66. The van der Waals surface area contributed by atoms with Gasteiger partial charge < -0.3 is 0 Å². The summed E-state index contributed by atoms with van der Waals surface area (Å²) in [6, 6.07) is 6.04. The molecule has 0 bridgehead atoms. The number of ketones is 1. The number of Topliss-reactive ketones (excluding diaryl/α,β-unsaturated/α-hetero) is 1. The average molecular weight is 204 g/mol.